The van der Waals surface area contributed by atoms with E-state index in [0.29, 0.717) is 19.4 Å². The third-order valence-corrected chi connectivity index (χ3v) is 4.77. The maximum atomic E-state index is 12.7. The highest BCUT2D eigenvalue weighted by Gasteiger charge is 2.31. The fourth-order valence-electron chi connectivity index (χ4n) is 2.89. The molecule has 1 aromatic rings. The number of guanidine groups is 1. The van der Waals surface area contributed by atoms with E-state index in [1.807, 2.05) is 13.8 Å². The number of nitrogens with one attached hydrogen (secondary N) is 4. The summed E-state index contributed by atoms with van der Waals surface area (Å²) >= 11 is 0. The maximum absolute atomic E-state index is 12.7. The molecule has 0 aromatic carbocycles. The number of amides is 2. The fourth-order valence-corrected chi connectivity index (χ4v) is 2.89. The summed E-state index contributed by atoms with van der Waals surface area (Å²) in [5.41, 5.74) is 4.45. The van der Waals surface area contributed by atoms with E-state index in [1.54, 1.807) is 27.7 Å². The number of carbonyl (C=O) groups excluding carboxylic acids is 2. The number of carbonyl (C=O) groups is 3. The highest BCUT2D eigenvalue weighted by atomic mass is 16.6. The van der Waals surface area contributed by atoms with E-state index in [9.17, 15) is 19.5 Å². The molecule has 0 aliphatic carbocycles. The van der Waals surface area contributed by atoms with Gasteiger partial charge in [-0.05, 0) is 46.5 Å². The quantitative estimate of drug-likeness (QED) is 0.160. The van der Waals surface area contributed by atoms with Gasteiger partial charge in [0.05, 0.1) is 0 Å². The summed E-state index contributed by atoms with van der Waals surface area (Å²) in [5.74, 6) is -1.86. The Hall–Kier alpha value is -3.31. The SMILES string of the molecule is CC[C@H](C)C(NC(=O)OC(C)(C)C)c1nc(C(=O)N[C@@H](CCCNC(=N)N)C(=O)O)c(C)o1. The molecule has 0 aliphatic heterocycles. The molecule has 186 valence electrons. The van der Waals surface area contributed by atoms with Gasteiger partial charge < -0.3 is 35.9 Å². The largest absolute Gasteiger partial charge is 0.480 e. The van der Waals surface area contributed by atoms with Gasteiger partial charge in [-0.3, -0.25) is 10.2 Å². The Kier molecular flexibility index (Phi) is 10.1. The van der Waals surface area contributed by atoms with Crippen molar-refractivity contribution in [2.24, 2.45) is 11.7 Å². The molecule has 12 heteroatoms. The molecule has 1 aromatic heterocycles. The van der Waals surface area contributed by atoms with Crippen LogP contribution in [0.4, 0.5) is 4.79 Å². The minimum atomic E-state index is -1.20. The van der Waals surface area contributed by atoms with Crippen LogP contribution >= 0.6 is 0 Å². The topological polar surface area (TPSA) is 193 Å². The monoisotopic (exact) mass is 468 g/mol. The summed E-state index contributed by atoms with van der Waals surface area (Å²) in [6.07, 6.45) is 0.551. The number of aryl methyl sites for hydroxylation is 1. The van der Waals surface area contributed by atoms with E-state index < -0.39 is 35.7 Å². The molecular weight excluding hydrogens is 432 g/mol. The third kappa shape index (κ3) is 9.38. The zero-order chi connectivity index (χ0) is 25.3. The highest BCUT2D eigenvalue weighted by molar-refractivity contribution is 5.95. The first-order valence-corrected chi connectivity index (χ1v) is 10.8. The number of hydrogen-bond donors (Lipinski definition) is 6. The second-order valence-corrected chi connectivity index (χ2v) is 8.81. The summed E-state index contributed by atoms with van der Waals surface area (Å²) in [6, 6.07) is -1.80. The average molecular weight is 469 g/mol. The van der Waals surface area contributed by atoms with Gasteiger partial charge in [0.15, 0.2) is 11.7 Å². The second-order valence-electron chi connectivity index (χ2n) is 8.81. The van der Waals surface area contributed by atoms with Crippen LogP contribution in [-0.4, -0.2) is 52.2 Å². The Bertz CT molecular complexity index is 847. The number of carboxylic acid groups (broad SMARTS) is 1. The first-order chi connectivity index (χ1) is 15.2. The van der Waals surface area contributed by atoms with Crippen LogP contribution in [0.25, 0.3) is 0 Å². The molecule has 0 aliphatic rings. The molecule has 0 fully saturated rings. The molecule has 2 amide bonds. The van der Waals surface area contributed by atoms with Crippen molar-refractivity contribution in [3.63, 3.8) is 0 Å². The van der Waals surface area contributed by atoms with Crippen molar-refractivity contribution in [3.05, 3.63) is 17.3 Å². The summed E-state index contributed by atoms with van der Waals surface area (Å²) in [7, 11) is 0. The van der Waals surface area contributed by atoms with Gasteiger partial charge in [-0.2, -0.15) is 0 Å². The zero-order valence-corrected chi connectivity index (χ0v) is 20.1. The van der Waals surface area contributed by atoms with Crippen molar-refractivity contribution in [3.8, 4) is 0 Å². The molecule has 33 heavy (non-hydrogen) atoms. The number of nitrogens with zero attached hydrogens (tertiary/aromatic N) is 1. The Morgan fingerprint density at radius 2 is 1.91 bits per heavy atom. The van der Waals surface area contributed by atoms with Crippen LogP contribution in [0.5, 0.6) is 0 Å². The van der Waals surface area contributed by atoms with E-state index in [-0.39, 0.29) is 35.6 Å². The van der Waals surface area contributed by atoms with Crippen molar-refractivity contribution >= 4 is 23.9 Å². The smallest absolute Gasteiger partial charge is 0.408 e. The molecule has 1 unspecified atom stereocenters. The fraction of sp³-hybridized carbons (Fsp3) is 0.667. The van der Waals surface area contributed by atoms with Crippen molar-refractivity contribution < 1.29 is 28.6 Å². The Labute approximate surface area is 193 Å². The van der Waals surface area contributed by atoms with Crippen LogP contribution in [0.15, 0.2) is 4.42 Å². The Morgan fingerprint density at radius 3 is 2.42 bits per heavy atom. The Balaban J connectivity index is 2.98. The number of alkyl carbamates (subject to hydrolysis) is 1. The molecule has 0 radical (unpaired) electrons. The number of oxazole rings is 1. The average Bonchev–Trinajstić information content (AvgIpc) is 3.07. The van der Waals surface area contributed by atoms with Crippen molar-refractivity contribution in [1.82, 2.24) is 20.9 Å². The lowest BCUT2D eigenvalue weighted by atomic mass is 9.99. The second kappa shape index (κ2) is 12.1. The third-order valence-electron chi connectivity index (χ3n) is 4.77. The van der Waals surface area contributed by atoms with Crippen LogP contribution in [-0.2, 0) is 9.53 Å². The van der Waals surface area contributed by atoms with Crippen LogP contribution in [0, 0.1) is 18.3 Å². The molecule has 0 saturated carbocycles. The van der Waals surface area contributed by atoms with Crippen LogP contribution in [0.2, 0.25) is 0 Å². The lowest BCUT2D eigenvalue weighted by Crippen LogP contribution is -2.42. The lowest BCUT2D eigenvalue weighted by molar-refractivity contribution is -0.139. The molecule has 1 rings (SSSR count). The van der Waals surface area contributed by atoms with Crippen LogP contribution < -0.4 is 21.7 Å². The molecule has 3 atom stereocenters. The molecule has 7 N–H and O–H groups in total. The number of aromatic nitrogens is 1. The van der Waals surface area contributed by atoms with E-state index in [2.05, 4.69) is 20.9 Å². The van der Waals surface area contributed by atoms with Crippen LogP contribution in [0.1, 0.15) is 82.1 Å². The lowest BCUT2D eigenvalue weighted by Gasteiger charge is -2.25. The number of aliphatic carboxylic acids is 1. The molecule has 0 spiro atoms. The number of ether oxygens (including phenoxy) is 1. The molecule has 12 nitrogen and oxygen atoms in total. The number of rotatable bonds is 11. The van der Waals surface area contributed by atoms with Gasteiger partial charge in [0.25, 0.3) is 5.91 Å². The summed E-state index contributed by atoms with van der Waals surface area (Å²) in [6.45, 7) is 10.9. The standard InChI is InChI=1S/C21H36N6O6/c1-7-11(2)14(27-20(31)33-21(4,5)6)17-26-15(12(3)32-17)16(28)25-13(18(29)30)9-8-10-24-19(22)23/h11,13-14H,7-10H2,1-6H3,(H,25,28)(H,27,31)(H,29,30)(H4,22,23,24)/t11-,13-,14?/m0/s1. The zero-order valence-electron chi connectivity index (χ0n) is 20.1. The van der Waals surface area contributed by atoms with Gasteiger partial charge in [-0.25, -0.2) is 14.6 Å². The van der Waals surface area contributed by atoms with Gasteiger partial charge in [0.2, 0.25) is 5.89 Å². The van der Waals surface area contributed by atoms with Gasteiger partial charge in [0.1, 0.15) is 23.4 Å². The van der Waals surface area contributed by atoms with E-state index in [1.165, 1.54) is 0 Å². The van der Waals surface area contributed by atoms with E-state index >= 15 is 0 Å². The van der Waals surface area contributed by atoms with Gasteiger partial charge >= 0.3 is 12.1 Å². The van der Waals surface area contributed by atoms with Crippen molar-refractivity contribution in [2.45, 2.75) is 78.5 Å². The normalized spacial score (nSPS) is 14.0. The summed E-state index contributed by atoms with van der Waals surface area (Å²) in [4.78, 5) is 40.8. The number of nitrogens with two attached hydrogens (primary N) is 1. The molecule has 0 bridgehead atoms. The summed E-state index contributed by atoms with van der Waals surface area (Å²) < 4.78 is 11.0. The van der Waals surface area contributed by atoms with Crippen molar-refractivity contribution in [2.75, 3.05) is 6.54 Å². The minimum absolute atomic E-state index is 0.0580. The first-order valence-electron chi connectivity index (χ1n) is 10.8. The highest BCUT2D eigenvalue weighted by Crippen LogP contribution is 2.26. The van der Waals surface area contributed by atoms with Gasteiger partial charge in [-0.1, -0.05) is 20.3 Å². The van der Waals surface area contributed by atoms with Gasteiger partial charge in [-0.15, -0.1) is 0 Å². The molecular formula is C21H36N6O6. The molecule has 0 saturated heterocycles. The number of hydrogen-bond acceptors (Lipinski definition) is 7. The summed E-state index contributed by atoms with van der Waals surface area (Å²) in [5, 5.41) is 24.3. The van der Waals surface area contributed by atoms with Gasteiger partial charge in [0, 0.05) is 6.54 Å². The number of carboxylic acids is 1. The predicted octanol–water partition coefficient (Wildman–Crippen LogP) is 2.04. The van der Waals surface area contributed by atoms with Crippen molar-refractivity contribution in [1.29, 1.82) is 5.41 Å². The first kappa shape index (κ1) is 27.7. The Morgan fingerprint density at radius 1 is 1.27 bits per heavy atom. The van der Waals surface area contributed by atoms with Crippen LogP contribution in [0.3, 0.4) is 0 Å². The van der Waals surface area contributed by atoms with E-state index in [0.717, 1.165) is 0 Å². The minimum Gasteiger partial charge on any atom is -0.480 e. The predicted molar refractivity (Wildman–Crippen MR) is 121 cm³/mol. The maximum Gasteiger partial charge on any atom is 0.408 e. The molecule has 1 heterocycles. The van der Waals surface area contributed by atoms with E-state index in [4.69, 9.17) is 20.3 Å².